The van der Waals surface area contributed by atoms with E-state index in [1.807, 2.05) is 63.2 Å². The molecule has 4 nitrogen and oxygen atoms in total. The highest BCUT2D eigenvalue weighted by molar-refractivity contribution is 5.97. The maximum Gasteiger partial charge on any atom is 0.417 e. The van der Waals surface area contributed by atoms with Crippen LogP contribution in [0.1, 0.15) is 32.3 Å². The van der Waals surface area contributed by atoms with Crippen LogP contribution in [0, 0.1) is 5.92 Å². The molecule has 0 spiro atoms. The van der Waals surface area contributed by atoms with Gasteiger partial charge >= 0.3 is 6.09 Å². The third kappa shape index (κ3) is 2.81. The fourth-order valence-electron chi connectivity index (χ4n) is 3.01. The minimum Gasteiger partial charge on any atom is -0.447 e. The predicted molar refractivity (Wildman–Crippen MR) is 89.2 cm³/mol. The smallest absolute Gasteiger partial charge is 0.417 e. The number of amides is 2. The fourth-order valence-corrected chi connectivity index (χ4v) is 3.01. The zero-order valence-electron chi connectivity index (χ0n) is 13.7. The van der Waals surface area contributed by atoms with Gasteiger partial charge in [0.05, 0.1) is 12.0 Å². The van der Waals surface area contributed by atoms with Crippen LogP contribution in [0.15, 0.2) is 42.5 Å². The summed E-state index contributed by atoms with van der Waals surface area (Å²) in [6, 6.07) is 13.8. The van der Waals surface area contributed by atoms with Gasteiger partial charge in [0.15, 0.2) is 0 Å². The van der Waals surface area contributed by atoms with Gasteiger partial charge in [-0.3, -0.25) is 4.79 Å². The van der Waals surface area contributed by atoms with Gasteiger partial charge in [-0.15, -0.1) is 0 Å². The molecule has 2 aromatic carbocycles. The molecule has 0 bridgehead atoms. The lowest BCUT2D eigenvalue weighted by Gasteiger charge is -2.25. The SMILES string of the molecule is CC(C(=O)N1C(=O)OCC1C(C)C)c1ccc2ccccc2c1. The molecule has 1 heterocycles. The van der Waals surface area contributed by atoms with E-state index in [4.69, 9.17) is 4.74 Å². The first-order valence-corrected chi connectivity index (χ1v) is 7.97. The van der Waals surface area contributed by atoms with E-state index in [0.717, 1.165) is 16.3 Å². The minimum atomic E-state index is -0.527. The first-order valence-electron chi connectivity index (χ1n) is 7.97. The molecule has 2 atom stereocenters. The van der Waals surface area contributed by atoms with E-state index in [-0.39, 0.29) is 30.4 Å². The summed E-state index contributed by atoms with van der Waals surface area (Å²) < 4.78 is 5.08. The summed E-state index contributed by atoms with van der Waals surface area (Å²) in [5, 5.41) is 2.23. The zero-order chi connectivity index (χ0) is 16.6. The van der Waals surface area contributed by atoms with Gasteiger partial charge in [-0.1, -0.05) is 56.3 Å². The van der Waals surface area contributed by atoms with Crippen LogP contribution in [-0.4, -0.2) is 29.5 Å². The van der Waals surface area contributed by atoms with Crippen LogP contribution in [-0.2, 0) is 9.53 Å². The molecule has 0 radical (unpaired) electrons. The first kappa shape index (κ1) is 15.5. The van der Waals surface area contributed by atoms with Crippen molar-refractivity contribution in [3.63, 3.8) is 0 Å². The lowest BCUT2D eigenvalue weighted by molar-refractivity contribution is -0.131. The largest absolute Gasteiger partial charge is 0.447 e. The van der Waals surface area contributed by atoms with E-state index in [1.54, 1.807) is 0 Å². The summed E-state index contributed by atoms with van der Waals surface area (Å²) in [6.07, 6.45) is -0.527. The number of fused-ring (bicyclic) bond motifs is 1. The van der Waals surface area contributed by atoms with Crippen LogP contribution in [0.25, 0.3) is 10.8 Å². The van der Waals surface area contributed by atoms with E-state index in [2.05, 4.69) is 0 Å². The van der Waals surface area contributed by atoms with Crippen molar-refractivity contribution in [1.82, 2.24) is 4.90 Å². The highest BCUT2D eigenvalue weighted by Crippen LogP contribution is 2.27. The summed E-state index contributed by atoms with van der Waals surface area (Å²) in [5.41, 5.74) is 0.913. The van der Waals surface area contributed by atoms with Crippen molar-refractivity contribution in [2.24, 2.45) is 5.92 Å². The molecule has 4 heteroatoms. The van der Waals surface area contributed by atoms with E-state index < -0.39 is 6.09 Å². The molecule has 0 N–H and O–H groups in total. The molecule has 0 aromatic heterocycles. The van der Waals surface area contributed by atoms with Crippen molar-refractivity contribution in [1.29, 1.82) is 0 Å². The molecule has 1 fully saturated rings. The second-order valence-corrected chi connectivity index (χ2v) is 6.42. The van der Waals surface area contributed by atoms with E-state index in [9.17, 15) is 9.59 Å². The third-order valence-corrected chi connectivity index (χ3v) is 4.56. The van der Waals surface area contributed by atoms with Crippen molar-refractivity contribution < 1.29 is 14.3 Å². The normalized spacial score (nSPS) is 19.2. The first-order chi connectivity index (χ1) is 11.0. The predicted octanol–water partition coefficient (Wildman–Crippen LogP) is 3.95. The maximum atomic E-state index is 12.8. The molecule has 2 amide bonds. The lowest BCUT2D eigenvalue weighted by atomic mass is 9.95. The number of cyclic esters (lactones) is 1. The second-order valence-electron chi connectivity index (χ2n) is 6.42. The fraction of sp³-hybridized carbons (Fsp3) is 0.368. The Morgan fingerprint density at radius 2 is 1.83 bits per heavy atom. The van der Waals surface area contributed by atoms with E-state index >= 15 is 0 Å². The number of ether oxygens (including phenoxy) is 1. The summed E-state index contributed by atoms with van der Waals surface area (Å²) in [5.74, 6) is -0.401. The van der Waals surface area contributed by atoms with Gasteiger partial charge in [-0.25, -0.2) is 9.69 Å². The Bertz CT molecular complexity index is 753. The number of hydrogen-bond acceptors (Lipinski definition) is 3. The summed E-state index contributed by atoms with van der Waals surface area (Å²) >= 11 is 0. The zero-order valence-corrected chi connectivity index (χ0v) is 13.7. The summed E-state index contributed by atoms with van der Waals surface area (Å²) in [7, 11) is 0. The van der Waals surface area contributed by atoms with Crippen LogP contribution < -0.4 is 0 Å². The highest BCUT2D eigenvalue weighted by atomic mass is 16.6. The number of hydrogen-bond donors (Lipinski definition) is 0. The van der Waals surface area contributed by atoms with Gasteiger partial charge in [0.25, 0.3) is 0 Å². The molecule has 3 rings (SSSR count). The molecule has 0 aliphatic carbocycles. The topological polar surface area (TPSA) is 46.6 Å². The number of carbonyl (C=O) groups excluding carboxylic acids is 2. The van der Waals surface area contributed by atoms with Crippen molar-refractivity contribution in [2.45, 2.75) is 32.7 Å². The highest BCUT2D eigenvalue weighted by Gasteiger charge is 2.41. The maximum absolute atomic E-state index is 12.8. The molecule has 2 unspecified atom stereocenters. The minimum absolute atomic E-state index is 0.175. The average molecular weight is 311 g/mol. The van der Waals surface area contributed by atoms with Gasteiger partial charge in [-0.05, 0) is 29.2 Å². The Morgan fingerprint density at radius 3 is 2.52 bits per heavy atom. The van der Waals surface area contributed by atoms with Crippen LogP contribution >= 0.6 is 0 Å². The molecule has 1 aliphatic heterocycles. The molecule has 23 heavy (non-hydrogen) atoms. The summed E-state index contributed by atoms with van der Waals surface area (Å²) in [4.78, 5) is 26.1. The van der Waals surface area contributed by atoms with Crippen LogP contribution in [0.4, 0.5) is 4.79 Å². The van der Waals surface area contributed by atoms with Crippen molar-refractivity contribution in [3.05, 3.63) is 48.0 Å². The lowest BCUT2D eigenvalue weighted by Crippen LogP contribution is -2.43. The van der Waals surface area contributed by atoms with Gasteiger partial charge < -0.3 is 4.74 Å². The molecular formula is C19H21NO3. The number of imide groups is 1. The molecular weight excluding hydrogens is 290 g/mol. The second kappa shape index (κ2) is 6.03. The van der Waals surface area contributed by atoms with Gasteiger partial charge in [0.1, 0.15) is 6.61 Å². The average Bonchev–Trinajstić information content (AvgIpc) is 2.95. The molecule has 2 aromatic rings. The Balaban J connectivity index is 1.89. The number of carbonyl (C=O) groups is 2. The van der Waals surface area contributed by atoms with Gasteiger partial charge in [0.2, 0.25) is 5.91 Å². The Labute approximate surface area is 136 Å². The van der Waals surface area contributed by atoms with Crippen molar-refractivity contribution in [3.8, 4) is 0 Å². The standard InChI is InChI=1S/C19H21NO3/c1-12(2)17-11-23-19(22)20(17)18(21)13(3)15-9-8-14-6-4-5-7-16(14)10-15/h4-10,12-13,17H,11H2,1-3H3. The number of nitrogens with zero attached hydrogens (tertiary/aromatic N) is 1. The number of rotatable bonds is 3. The Hall–Kier alpha value is -2.36. The van der Waals surface area contributed by atoms with E-state index in [1.165, 1.54) is 4.90 Å². The quantitative estimate of drug-likeness (QED) is 0.862. The number of benzene rings is 2. The van der Waals surface area contributed by atoms with E-state index in [0.29, 0.717) is 0 Å². The van der Waals surface area contributed by atoms with Crippen molar-refractivity contribution in [2.75, 3.05) is 6.61 Å². The van der Waals surface area contributed by atoms with Crippen LogP contribution in [0.3, 0.4) is 0 Å². The molecule has 0 saturated carbocycles. The summed E-state index contributed by atoms with van der Waals surface area (Å²) in [6.45, 7) is 6.11. The molecule has 1 aliphatic rings. The van der Waals surface area contributed by atoms with Crippen LogP contribution in [0.5, 0.6) is 0 Å². The van der Waals surface area contributed by atoms with Gasteiger partial charge in [0, 0.05) is 0 Å². The molecule has 1 saturated heterocycles. The van der Waals surface area contributed by atoms with Crippen molar-refractivity contribution >= 4 is 22.8 Å². The van der Waals surface area contributed by atoms with Gasteiger partial charge in [-0.2, -0.15) is 0 Å². The Morgan fingerprint density at radius 1 is 1.13 bits per heavy atom. The van der Waals surface area contributed by atoms with Crippen LogP contribution in [0.2, 0.25) is 0 Å². The third-order valence-electron chi connectivity index (χ3n) is 4.56. The Kier molecular flexibility index (Phi) is 4.07. The monoisotopic (exact) mass is 311 g/mol. The molecule has 120 valence electrons.